The minimum atomic E-state index is 0.464. The number of nitrogens with zero attached hydrogens (tertiary/aromatic N) is 1. The SMILES string of the molecule is CCNC(CN1CCCCC1C)c1ccc(C)cc1. The van der Waals surface area contributed by atoms with Gasteiger partial charge in [-0.25, -0.2) is 0 Å². The molecule has 2 nitrogen and oxygen atoms in total. The molecule has 1 aliphatic heterocycles. The van der Waals surface area contributed by atoms with Crippen molar-refractivity contribution in [2.75, 3.05) is 19.6 Å². The van der Waals surface area contributed by atoms with Gasteiger partial charge in [-0.2, -0.15) is 0 Å². The van der Waals surface area contributed by atoms with E-state index in [1.807, 2.05) is 0 Å². The molecule has 2 heteroatoms. The van der Waals surface area contributed by atoms with Crippen molar-refractivity contribution in [2.45, 2.75) is 52.1 Å². The lowest BCUT2D eigenvalue weighted by Gasteiger charge is -2.36. The van der Waals surface area contributed by atoms with Crippen LogP contribution in [0.4, 0.5) is 0 Å². The molecule has 1 N–H and O–H groups in total. The van der Waals surface area contributed by atoms with Gasteiger partial charge in [-0.15, -0.1) is 0 Å². The maximum absolute atomic E-state index is 3.64. The third kappa shape index (κ3) is 4.05. The molecule has 0 saturated carbocycles. The molecule has 2 unspecified atom stereocenters. The zero-order valence-corrected chi connectivity index (χ0v) is 12.7. The highest BCUT2D eigenvalue weighted by molar-refractivity contribution is 5.24. The summed E-state index contributed by atoms with van der Waals surface area (Å²) in [5.41, 5.74) is 2.76. The number of hydrogen-bond acceptors (Lipinski definition) is 2. The van der Waals surface area contributed by atoms with Gasteiger partial charge in [0.05, 0.1) is 0 Å². The Balaban J connectivity index is 2.04. The maximum atomic E-state index is 3.64. The van der Waals surface area contributed by atoms with E-state index in [2.05, 4.69) is 55.3 Å². The fourth-order valence-corrected chi connectivity index (χ4v) is 3.00. The molecule has 0 spiro atoms. The quantitative estimate of drug-likeness (QED) is 0.871. The summed E-state index contributed by atoms with van der Waals surface area (Å²) in [6.07, 6.45) is 4.11. The molecule has 0 aromatic heterocycles. The molecule has 0 radical (unpaired) electrons. The van der Waals surface area contributed by atoms with Crippen LogP contribution in [0.1, 0.15) is 50.3 Å². The molecule has 2 rings (SSSR count). The molecule has 1 aliphatic rings. The fraction of sp³-hybridized carbons (Fsp3) is 0.647. The third-order valence-corrected chi connectivity index (χ3v) is 4.29. The maximum Gasteiger partial charge on any atom is 0.0449 e. The second-order valence-electron chi connectivity index (χ2n) is 5.86. The van der Waals surface area contributed by atoms with E-state index in [-0.39, 0.29) is 0 Å². The zero-order valence-electron chi connectivity index (χ0n) is 12.7. The van der Waals surface area contributed by atoms with Gasteiger partial charge in [0.1, 0.15) is 0 Å². The van der Waals surface area contributed by atoms with E-state index in [0.29, 0.717) is 6.04 Å². The first kappa shape index (κ1) is 14.5. The molecule has 1 saturated heterocycles. The number of nitrogens with one attached hydrogen (secondary N) is 1. The minimum absolute atomic E-state index is 0.464. The van der Waals surface area contributed by atoms with Crippen LogP contribution in [0.25, 0.3) is 0 Å². The summed E-state index contributed by atoms with van der Waals surface area (Å²) in [5.74, 6) is 0. The van der Waals surface area contributed by atoms with Gasteiger partial charge in [0.15, 0.2) is 0 Å². The molecule has 1 aromatic carbocycles. The third-order valence-electron chi connectivity index (χ3n) is 4.29. The van der Waals surface area contributed by atoms with Crippen LogP contribution in [0.2, 0.25) is 0 Å². The van der Waals surface area contributed by atoms with Gasteiger partial charge in [0, 0.05) is 18.6 Å². The molecule has 1 heterocycles. The molecule has 0 bridgehead atoms. The molecule has 106 valence electrons. The number of piperidine rings is 1. The largest absolute Gasteiger partial charge is 0.309 e. The first-order valence-corrected chi connectivity index (χ1v) is 7.74. The average molecular weight is 260 g/mol. The zero-order chi connectivity index (χ0) is 13.7. The van der Waals surface area contributed by atoms with E-state index in [1.165, 1.54) is 36.9 Å². The summed E-state index contributed by atoms with van der Waals surface area (Å²) < 4.78 is 0. The number of hydrogen-bond donors (Lipinski definition) is 1. The Morgan fingerprint density at radius 3 is 2.63 bits per heavy atom. The van der Waals surface area contributed by atoms with Crippen LogP contribution in [0.15, 0.2) is 24.3 Å². The Morgan fingerprint density at radius 2 is 2.00 bits per heavy atom. The molecule has 1 fully saturated rings. The van der Waals surface area contributed by atoms with Gasteiger partial charge >= 0.3 is 0 Å². The predicted octanol–water partition coefficient (Wildman–Crippen LogP) is 3.52. The number of likely N-dealkylation sites (tertiary alicyclic amines) is 1. The van der Waals surface area contributed by atoms with Crippen molar-refractivity contribution >= 4 is 0 Å². The summed E-state index contributed by atoms with van der Waals surface area (Å²) in [5, 5.41) is 3.64. The van der Waals surface area contributed by atoms with Crippen molar-refractivity contribution in [1.82, 2.24) is 10.2 Å². The first-order chi connectivity index (χ1) is 9.20. The monoisotopic (exact) mass is 260 g/mol. The van der Waals surface area contributed by atoms with E-state index in [4.69, 9.17) is 0 Å². The molecular formula is C17H28N2. The van der Waals surface area contributed by atoms with Gasteiger partial charge in [-0.05, 0) is 45.3 Å². The summed E-state index contributed by atoms with van der Waals surface area (Å²) >= 11 is 0. The standard InChI is InChI=1S/C17H28N2/c1-4-18-17(16-10-8-14(2)9-11-16)13-19-12-6-5-7-15(19)3/h8-11,15,17-18H,4-7,12-13H2,1-3H3. The van der Waals surface area contributed by atoms with Crippen LogP contribution in [0, 0.1) is 6.92 Å². The highest BCUT2D eigenvalue weighted by atomic mass is 15.2. The van der Waals surface area contributed by atoms with Crippen molar-refractivity contribution in [3.63, 3.8) is 0 Å². The van der Waals surface area contributed by atoms with E-state index in [0.717, 1.165) is 19.1 Å². The van der Waals surface area contributed by atoms with Crippen molar-refractivity contribution < 1.29 is 0 Å². The Hall–Kier alpha value is -0.860. The van der Waals surface area contributed by atoms with Crippen LogP contribution in [-0.2, 0) is 0 Å². The van der Waals surface area contributed by atoms with Gasteiger partial charge in [0.2, 0.25) is 0 Å². The molecule has 0 amide bonds. The number of aryl methyl sites for hydroxylation is 1. The van der Waals surface area contributed by atoms with Gasteiger partial charge in [-0.3, -0.25) is 4.90 Å². The van der Waals surface area contributed by atoms with Crippen molar-refractivity contribution in [3.8, 4) is 0 Å². The minimum Gasteiger partial charge on any atom is -0.309 e. The summed E-state index contributed by atoms with van der Waals surface area (Å²) in [4.78, 5) is 2.65. The summed E-state index contributed by atoms with van der Waals surface area (Å²) in [6, 6.07) is 10.2. The highest BCUT2D eigenvalue weighted by Gasteiger charge is 2.22. The second kappa shape index (κ2) is 7.06. The van der Waals surface area contributed by atoms with E-state index < -0.39 is 0 Å². The van der Waals surface area contributed by atoms with Gasteiger partial charge < -0.3 is 5.32 Å². The van der Waals surface area contributed by atoms with E-state index in [1.54, 1.807) is 0 Å². The first-order valence-electron chi connectivity index (χ1n) is 7.74. The highest BCUT2D eigenvalue weighted by Crippen LogP contribution is 2.21. The second-order valence-corrected chi connectivity index (χ2v) is 5.86. The lowest BCUT2D eigenvalue weighted by atomic mass is 10.00. The van der Waals surface area contributed by atoms with Crippen molar-refractivity contribution in [3.05, 3.63) is 35.4 Å². The molecule has 1 aromatic rings. The molecule has 2 atom stereocenters. The Morgan fingerprint density at radius 1 is 1.26 bits per heavy atom. The summed E-state index contributed by atoms with van der Waals surface area (Å²) in [6.45, 7) is 10.1. The predicted molar refractivity (Wildman–Crippen MR) is 82.5 cm³/mol. The van der Waals surface area contributed by atoms with Gasteiger partial charge in [0.25, 0.3) is 0 Å². The van der Waals surface area contributed by atoms with Crippen molar-refractivity contribution in [2.24, 2.45) is 0 Å². The van der Waals surface area contributed by atoms with Gasteiger partial charge in [-0.1, -0.05) is 43.2 Å². The number of likely N-dealkylation sites (N-methyl/N-ethyl adjacent to an activating group) is 1. The topological polar surface area (TPSA) is 15.3 Å². The lowest BCUT2D eigenvalue weighted by Crippen LogP contribution is -2.43. The van der Waals surface area contributed by atoms with Crippen LogP contribution >= 0.6 is 0 Å². The number of rotatable bonds is 5. The Bertz CT molecular complexity index is 371. The Kier molecular flexibility index (Phi) is 5.41. The summed E-state index contributed by atoms with van der Waals surface area (Å²) in [7, 11) is 0. The van der Waals surface area contributed by atoms with E-state index in [9.17, 15) is 0 Å². The van der Waals surface area contributed by atoms with Crippen LogP contribution in [-0.4, -0.2) is 30.6 Å². The molecular weight excluding hydrogens is 232 g/mol. The number of benzene rings is 1. The lowest BCUT2D eigenvalue weighted by molar-refractivity contribution is 0.144. The molecule has 0 aliphatic carbocycles. The van der Waals surface area contributed by atoms with Crippen molar-refractivity contribution in [1.29, 1.82) is 0 Å². The van der Waals surface area contributed by atoms with E-state index >= 15 is 0 Å². The van der Waals surface area contributed by atoms with Crippen LogP contribution < -0.4 is 5.32 Å². The fourth-order valence-electron chi connectivity index (χ4n) is 3.00. The van der Waals surface area contributed by atoms with Crippen LogP contribution in [0.3, 0.4) is 0 Å². The van der Waals surface area contributed by atoms with Crippen LogP contribution in [0.5, 0.6) is 0 Å². The average Bonchev–Trinajstić information content (AvgIpc) is 2.42. The smallest absolute Gasteiger partial charge is 0.0449 e. The molecule has 19 heavy (non-hydrogen) atoms. The normalized spacial score (nSPS) is 22.4. The Labute approximate surface area is 118 Å².